The third-order valence-electron chi connectivity index (χ3n) is 4.87. The van der Waals surface area contributed by atoms with Crippen molar-refractivity contribution in [2.45, 2.75) is 6.10 Å². The Kier molecular flexibility index (Phi) is 6.01. The molecule has 0 aliphatic carbocycles. The lowest BCUT2D eigenvalue weighted by Crippen LogP contribution is -2.29. The van der Waals surface area contributed by atoms with Gasteiger partial charge in [0.25, 0.3) is 5.91 Å². The molecule has 5 heteroatoms. The predicted molar refractivity (Wildman–Crippen MR) is 116 cm³/mol. The Morgan fingerprint density at radius 3 is 2.37 bits per heavy atom. The second-order valence-corrected chi connectivity index (χ2v) is 6.79. The molecule has 30 heavy (non-hydrogen) atoms. The van der Waals surface area contributed by atoms with E-state index in [1.807, 2.05) is 78.9 Å². The highest BCUT2D eigenvalue weighted by Crippen LogP contribution is 2.28. The van der Waals surface area contributed by atoms with Crippen molar-refractivity contribution in [2.75, 3.05) is 13.7 Å². The fourth-order valence-corrected chi connectivity index (χ4v) is 3.29. The molecule has 1 heterocycles. The molecule has 1 N–H and O–H groups in total. The lowest BCUT2D eigenvalue weighted by molar-refractivity contribution is 0.0828. The largest absolute Gasteiger partial charge is 0.436 e. The lowest BCUT2D eigenvalue weighted by atomic mass is 10.1. The minimum Gasteiger partial charge on any atom is -0.436 e. The summed E-state index contributed by atoms with van der Waals surface area (Å²) in [6.45, 7) is 0.356. The Morgan fingerprint density at radius 1 is 0.967 bits per heavy atom. The number of carbonyl (C=O) groups is 1. The fraction of sp³-hybridized carbons (Fsp3) is 0.120. The molecule has 0 aliphatic heterocycles. The van der Waals surface area contributed by atoms with Crippen LogP contribution in [0.5, 0.6) is 0 Å². The highest BCUT2D eigenvalue weighted by molar-refractivity contribution is 6.00. The first-order valence-electron chi connectivity index (χ1n) is 9.73. The van der Waals surface area contributed by atoms with Crippen molar-refractivity contribution >= 4 is 5.91 Å². The van der Waals surface area contributed by atoms with Gasteiger partial charge >= 0.3 is 0 Å². The quantitative estimate of drug-likeness (QED) is 0.469. The van der Waals surface area contributed by atoms with Gasteiger partial charge in [0.05, 0.1) is 17.9 Å². The van der Waals surface area contributed by atoms with E-state index in [2.05, 4.69) is 10.3 Å². The molecule has 1 unspecified atom stereocenters. The summed E-state index contributed by atoms with van der Waals surface area (Å²) in [6.07, 6.45) is 1.45. The van der Waals surface area contributed by atoms with Gasteiger partial charge in [-0.15, -0.1) is 0 Å². The number of hydrogen-bond donors (Lipinski definition) is 1. The average Bonchev–Trinajstić information content (AvgIpc) is 3.31. The zero-order valence-corrected chi connectivity index (χ0v) is 16.6. The van der Waals surface area contributed by atoms with Crippen LogP contribution < -0.4 is 5.32 Å². The molecule has 0 aliphatic rings. The Morgan fingerprint density at radius 2 is 1.63 bits per heavy atom. The maximum Gasteiger partial charge on any atom is 0.252 e. The van der Waals surface area contributed by atoms with Crippen molar-refractivity contribution in [3.63, 3.8) is 0 Å². The number of ether oxygens (including phenoxy) is 1. The number of oxazole rings is 1. The summed E-state index contributed by atoms with van der Waals surface area (Å²) in [5.74, 6) is 0.860. The van der Waals surface area contributed by atoms with Crippen LogP contribution in [-0.4, -0.2) is 24.5 Å². The first-order valence-corrected chi connectivity index (χ1v) is 9.73. The van der Waals surface area contributed by atoms with Crippen LogP contribution in [0.3, 0.4) is 0 Å². The molecule has 3 aromatic carbocycles. The molecule has 0 saturated carbocycles. The van der Waals surface area contributed by atoms with Crippen LogP contribution in [0.25, 0.3) is 22.8 Å². The highest BCUT2D eigenvalue weighted by atomic mass is 16.5. The van der Waals surface area contributed by atoms with Crippen molar-refractivity contribution in [1.29, 1.82) is 0 Å². The number of nitrogens with zero attached hydrogens (tertiary/aromatic N) is 1. The third kappa shape index (κ3) is 4.31. The maximum atomic E-state index is 12.9. The second kappa shape index (κ2) is 9.20. The van der Waals surface area contributed by atoms with Crippen LogP contribution in [0.4, 0.5) is 0 Å². The van der Waals surface area contributed by atoms with Crippen LogP contribution in [0.1, 0.15) is 22.0 Å². The van der Waals surface area contributed by atoms with Crippen LogP contribution in [0.15, 0.2) is 95.5 Å². The first-order chi connectivity index (χ1) is 14.8. The summed E-state index contributed by atoms with van der Waals surface area (Å²) in [4.78, 5) is 17.3. The van der Waals surface area contributed by atoms with Crippen molar-refractivity contribution in [1.82, 2.24) is 10.3 Å². The maximum absolute atomic E-state index is 12.9. The minimum atomic E-state index is -0.228. The number of rotatable bonds is 7. The number of hydrogen-bond acceptors (Lipinski definition) is 4. The summed E-state index contributed by atoms with van der Waals surface area (Å²) in [7, 11) is 1.63. The molecule has 0 fully saturated rings. The summed E-state index contributed by atoms with van der Waals surface area (Å²) in [6, 6.07) is 26.8. The number of methoxy groups -OCH3 is 1. The van der Waals surface area contributed by atoms with E-state index in [1.165, 1.54) is 0 Å². The number of carbonyl (C=O) groups excluding carboxylic acids is 1. The molecule has 0 spiro atoms. The number of amides is 1. The summed E-state index contributed by atoms with van der Waals surface area (Å²) >= 11 is 0. The molecule has 1 amide bonds. The first kappa shape index (κ1) is 19.6. The van der Waals surface area contributed by atoms with Gasteiger partial charge in [-0.2, -0.15) is 0 Å². The van der Waals surface area contributed by atoms with Crippen LogP contribution in [-0.2, 0) is 4.74 Å². The topological polar surface area (TPSA) is 64.4 Å². The van der Waals surface area contributed by atoms with Gasteiger partial charge in [-0.05, 0) is 17.7 Å². The normalized spacial score (nSPS) is 11.8. The van der Waals surface area contributed by atoms with E-state index < -0.39 is 0 Å². The molecule has 0 saturated heterocycles. The molecular formula is C25H22N2O3. The molecule has 150 valence electrons. The summed E-state index contributed by atoms with van der Waals surface area (Å²) in [5, 5.41) is 2.96. The van der Waals surface area contributed by atoms with E-state index in [-0.39, 0.29) is 12.0 Å². The van der Waals surface area contributed by atoms with Crippen molar-refractivity contribution in [3.05, 3.63) is 102 Å². The van der Waals surface area contributed by atoms with Gasteiger partial charge in [0.15, 0.2) is 5.76 Å². The van der Waals surface area contributed by atoms with Gasteiger partial charge in [-0.1, -0.05) is 72.8 Å². The van der Waals surface area contributed by atoms with Crippen molar-refractivity contribution in [2.24, 2.45) is 0 Å². The van der Waals surface area contributed by atoms with Gasteiger partial charge in [-0.3, -0.25) is 4.79 Å². The second-order valence-electron chi connectivity index (χ2n) is 6.79. The van der Waals surface area contributed by atoms with Gasteiger partial charge in [0.2, 0.25) is 5.89 Å². The van der Waals surface area contributed by atoms with E-state index >= 15 is 0 Å². The lowest BCUT2D eigenvalue weighted by Gasteiger charge is -2.17. The number of nitrogens with one attached hydrogen (secondary N) is 1. The molecule has 4 rings (SSSR count). The van der Waals surface area contributed by atoms with Crippen molar-refractivity contribution in [3.8, 4) is 22.8 Å². The SMILES string of the molecule is COC(CNC(=O)c1ccccc1-c1ncc(-c2ccccc2)o1)c1ccccc1. The van der Waals surface area contributed by atoms with E-state index in [9.17, 15) is 4.79 Å². The van der Waals surface area contributed by atoms with Crippen molar-refractivity contribution < 1.29 is 13.9 Å². The van der Waals surface area contributed by atoms with Gasteiger partial charge in [0, 0.05) is 24.8 Å². The van der Waals surface area contributed by atoms with E-state index in [1.54, 1.807) is 19.4 Å². The Balaban J connectivity index is 1.53. The zero-order chi connectivity index (χ0) is 20.8. The van der Waals surface area contributed by atoms with E-state index in [0.29, 0.717) is 29.3 Å². The molecular weight excluding hydrogens is 376 g/mol. The standard InChI is InChI=1S/C25H22N2O3/c1-29-22(18-10-4-2-5-11-18)16-26-24(28)20-14-8-9-15-21(20)25-27-17-23(30-25)19-12-6-3-7-13-19/h2-15,17,22H,16H2,1H3,(H,26,28). The smallest absolute Gasteiger partial charge is 0.252 e. The van der Waals surface area contributed by atoms with Gasteiger partial charge in [-0.25, -0.2) is 4.98 Å². The molecule has 1 aromatic heterocycles. The van der Waals surface area contributed by atoms with Gasteiger partial charge in [0.1, 0.15) is 0 Å². The number of benzene rings is 3. The highest BCUT2D eigenvalue weighted by Gasteiger charge is 2.18. The van der Waals surface area contributed by atoms with E-state index in [4.69, 9.17) is 9.15 Å². The predicted octanol–water partition coefficient (Wildman–Crippen LogP) is 5.13. The monoisotopic (exact) mass is 398 g/mol. The molecule has 0 radical (unpaired) electrons. The minimum absolute atomic E-state index is 0.206. The van der Waals surface area contributed by atoms with Gasteiger partial charge < -0.3 is 14.5 Å². The van der Waals surface area contributed by atoms with Crippen LogP contribution >= 0.6 is 0 Å². The third-order valence-corrected chi connectivity index (χ3v) is 4.87. The Hall–Kier alpha value is -3.70. The van der Waals surface area contributed by atoms with Crippen LogP contribution in [0.2, 0.25) is 0 Å². The Labute approximate surface area is 175 Å². The summed E-state index contributed by atoms with van der Waals surface area (Å²) in [5.41, 5.74) is 3.09. The number of aromatic nitrogens is 1. The molecule has 1 atom stereocenters. The Bertz CT molecular complexity index is 1110. The van der Waals surface area contributed by atoms with E-state index in [0.717, 1.165) is 11.1 Å². The molecule has 5 nitrogen and oxygen atoms in total. The average molecular weight is 398 g/mol. The summed E-state index contributed by atoms with van der Waals surface area (Å²) < 4.78 is 11.5. The molecule has 0 bridgehead atoms. The molecule has 4 aromatic rings. The fourth-order valence-electron chi connectivity index (χ4n) is 3.29. The zero-order valence-electron chi connectivity index (χ0n) is 16.6. The van der Waals surface area contributed by atoms with Crippen LogP contribution in [0, 0.1) is 0 Å².